The molecule has 0 fully saturated rings. The molecule has 0 aliphatic rings. The Morgan fingerprint density at radius 3 is 2.19 bits per heavy atom. The Balaban J connectivity index is 1.55. The third kappa shape index (κ3) is 4.15. The lowest BCUT2D eigenvalue weighted by molar-refractivity contribution is -0.393. The summed E-state index contributed by atoms with van der Waals surface area (Å²) in [5.41, 5.74) is 0.791. The number of rotatable bonds is 6. The number of aromatic nitrogens is 2. The number of non-ortho nitro benzene ring substituents is 1. The van der Waals surface area contributed by atoms with E-state index in [0.717, 1.165) is 6.07 Å². The fourth-order valence-corrected chi connectivity index (χ4v) is 2.97. The molecule has 4 aromatic rings. The molecular weight excluding hydrogens is 404 g/mol. The van der Waals surface area contributed by atoms with Crippen LogP contribution in [0, 0.1) is 20.2 Å². The molecule has 0 amide bonds. The summed E-state index contributed by atoms with van der Waals surface area (Å²) in [7, 11) is 0. The van der Waals surface area contributed by atoms with Gasteiger partial charge in [-0.15, -0.1) is 0 Å². The Hall–Kier alpha value is -4.80. The lowest BCUT2D eigenvalue weighted by atomic mass is 10.2. The number of hydrogen-bond acceptors (Lipinski definition) is 8. The Kier molecular flexibility index (Phi) is 4.98. The van der Waals surface area contributed by atoms with E-state index >= 15 is 0 Å². The molecule has 0 bridgehead atoms. The quantitative estimate of drug-likeness (QED) is 0.310. The molecule has 31 heavy (non-hydrogen) atoms. The number of para-hydroxylation sites is 1. The smallest absolute Gasteiger partial charge is 0.299 e. The number of anilines is 4. The summed E-state index contributed by atoms with van der Waals surface area (Å²) >= 11 is 0. The van der Waals surface area contributed by atoms with Crippen LogP contribution in [0.2, 0.25) is 0 Å². The lowest BCUT2D eigenvalue weighted by Crippen LogP contribution is -2.11. The monoisotopic (exact) mass is 418 g/mol. The van der Waals surface area contributed by atoms with Crippen LogP contribution in [0.1, 0.15) is 0 Å². The van der Waals surface area contributed by atoms with Crippen molar-refractivity contribution < 1.29 is 9.85 Å². The summed E-state index contributed by atoms with van der Waals surface area (Å²) in [5.74, 6) is 0.274. The molecule has 3 aromatic carbocycles. The number of H-pyrrole nitrogens is 1. The maximum Gasteiger partial charge on any atom is 0.299 e. The zero-order chi connectivity index (χ0) is 22.0. The van der Waals surface area contributed by atoms with Crippen molar-refractivity contribution in [1.82, 2.24) is 9.97 Å². The van der Waals surface area contributed by atoms with E-state index in [1.807, 2.05) is 0 Å². The van der Waals surface area contributed by atoms with Crippen molar-refractivity contribution in [3.05, 3.63) is 97.3 Å². The molecule has 0 radical (unpaired) electrons. The Bertz CT molecular complexity index is 1370. The number of benzene rings is 3. The van der Waals surface area contributed by atoms with Crippen LogP contribution in [-0.4, -0.2) is 19.8 Å². The highest BCUT2D eigenvalue weighted by atomic mass is 16.6. The van der Waals surface area contributed by atoms with Crippen LogP contribution in [0.15, 0.2) is 71.5 Å². The van der Waals surface area contributed by atoms with Crippen LogP contribution in [-0.2, 0) is 0 Å². The first-order valence-corrected chi connectivity index (χ1v) is 8.97. The van der Waals surface area contributed by atoms with Gasteiger partial charge in [-0.3, -0.25) is 30.0 Å². The third-order valence-electron chi connectivity index (χ3n) is 4.43. The molecule has 0 atom stereocenters. The van der Waals surface area contributed by atoms with Gasteiger partial charge in [-0.1, -0.05) is 12.1 Å². The van der Waals surface area contributed by atoms with Crippen LogP contribution in [0.3, 0.4) is 0 Å². The number of nitrogens with zero attached hydrogens (tertiary/aromatic N) is 3. The highest BCUT2D eigenvalue weighted by Crippen LogP contribution is 2.31. The number of hydrogen-bond donors (Lipinski definition) is 3. The first-order chi connectivity index (χ1) is 14.9. The first-order valence-electron chi connectivity index (χ1n) is 8.97. The minimum atomic E-state index is -0.692. The van der Waals surface area contributed by atoms with E-state index in [9.17, 15) is 25.0 Å². The highest BCUT2D eigenvalue weighted by molar-refractivity contribution is 5.79. The molecule has 0 saturated heterocycles. The van der Waals surface area contributed by atoms with E-state index in [-0.39, 0.29) is 22.9 Å². The standard InChI is InChI=1S/C20H14N6O5/c27-19-15-3-1-2-4-16(15)23-20(24-19)22-13-7-5-12(6-8-13)21-17-10-9-14(25(28)29)11-18(17)26(30)31/h1-11,21H,(H2,22,23,24,27). The van der Waals surface area contributed by atoms with Crippen molar-refractivity contribution in [3.63, 3.8) is 0 Å². The van der Waals surface area contributed by atoms with Gasteiger partial charge >= 0.3 is 0 Å². The fraction of sp³-hybridized carbons (Fsp3) is 0. The summed E-state index contributed by atoms with van der Waals surface area (Å²) < 4.78 is 0. The van der Waals surface area contributed by atoms with Gasteiger partial charge in [-0.2, -0.15) is 0 Å². The highest BCUT2D eigenvalue weighted by Gasteiger charge is 2.19. The minimum Gasteiger partial charge on any atom is -0.350 e. The van der Waals surface area contributed by atoms with Gasteiger partial charge in [0.25, 0.3) is 16.9 Å². The van der Waals surface area contributed by atoms with Gasteiger partial charge in [0, 0.05) is 17.4 Å². The predicted molar refractivity (Wildman–Crippen MR) is 115 cm³/mol. The van der Waals surface area contributed by atoms with Gasteiger partial charge < -0.3 is 10.6 Å². The van der Waals surface area contributed by atoms with E-state index in [2.05, 4.69) is 20.6 Å². The molecule has 0 spiro atoms. The van der Waals surface area contributed by atoms with Crippen LogP contribution in [0.25, 0.3) is 10.9 Å². The maximum atomic E-state index is 12.2. The van der Waals surface area contributed by atoms with Crippen LogP contribution in [0.4, 0.5) is 34.4 Å². The normalized spacial score (nSPS) is 10.6. The number of aromatic amines is 1. The van der Waals surface area contributed by atoms with E-state index < -0.39 is 15.5 Å². The number of nitro benzene ring substituents is 2. The van der Waals surface area contributed by atoms with Gasteiger partial charge in [-0.25, -0.2) is 4.98 Å². The molecule has 4 rings (SSSR count). The number of nitrogens with one attached hydrogen (secondary N) is 3. The van der Waals surface area contributed by atoms with Crippen molar-refractivity contribution >= 4 is 45.3 Å². The molecule has 1 aromatic heterocycles. The van der Waals surface area contributed by atoms with Crippen LogP contribution in [0.5, 0.6) is 0 Å². The topological polar surface area (TPSA) is 156 Å². The molecule has 154 valence electrons. The van der Waals surface area contributed by atoms with E-state index in [0.29, 0.717) is 22.3 Å². The molecule has 0 saturated carbocycles. The fourth-order valence-electron chi connectivity index (χ4n) is 2.97. The average molecular weight is 418 g/mol. The zero-order valence-electron chi connectivity index (χ0n) is 15.7. The van der Waals surface area contributed by atoms with Crippen molar-refractivity contribution in [1.29, 1.82) is 0 Å². The number of fused-ring (bicyclic) bond motifs is 1. The lowest BCUT2D eigenvalue weighted by Gasteiger charge is -2.09. The van der Waals surface area contributed by atoms with Gasteiger partial charge in [0.05, 0.1) is 26.8 Å². The van der Waals surface area contributed by atoms with Crippen molar-refractivity contribution in [3.8, 4) is 0 Å². The molecule has 11 nitrogen and oxygen atoms in total. The summed E-state index contributed by atoms with van der Waals surface area (Å²) in [5, 5.41) is 28.5. The van der Waals surface area contributed by atoms with Crippen LogP contribution >= 0.6 is 0 Å². The molecule has 0 unspecified atom stereocenters. The van der Waals surface area contributed by atoms with E-state index in [1.54, 1.807) is 48.5 Å². The van der Waals surface area contributed by atoms with Crippen molar-refractivity contribution in [2.75, 3.05) is 10.6 Å². The molecule has 3 N–H and O–H groups in total. The Morgan fingerprint density at radius 2 is 1.52 bits per heavy atom. The summed E-state index contributed by atoms with van der Waals surface area (Å²) in [4.78, 5) is 39.9. The first kappa shape index (κ1) is 19.5. The average Bonchev–Trinajstić information content (AvgIpc) is 2.75. The second-order valence-electron chi connectivity index (χ2n) is 6.47. The van der Waals surface area contributed by atoms with E-state index in [4.69, 9.17) is 0 Å². The predicted octanol–water partition coefficient (Wildman–Crippen LogP) is 4.23. The third-order valence-corrected chi connectivity index (χ3v) is 4.43. The van der Waals surface area contributed by atoms with Crippen molar-refractivity contribution in [2.45, 2.75) is 0 Å². The van der Waals surface area contributed by atoms with Gasteiger partial charge in [-0.05, 0) is 42.5 Å². The SMILES string of the molecule is O=c1[nH]c(Nc2ccc(Nc3ccc([N+](=O)[O-])cc3[N+](=O)[O-])cc2)nc2ccccc12. The molecule has 0 aliphatic heterocycles. The van der Waals surface area contributed by atoms with Gasteiger partial charge in [0.2, 0.25) is 5.95 Å². The summed E-state index contributed by atoms with van der Waals surface area (Å²) in [6.07, 6.45) is 0. The molecule has 0 aliphatic carbocycles. The summed E-state index contributed by atoms with van der Waals surface area (Å²) in [6.45, 7) is 0. The maximum absolute atomic E-state index is 12.2. The Labute approximate surface area is 173 Å². The Morgan fingerprint density at radius 1 is 0.839 bits per heavy atom. The molecular formula is C20H14N6O5. The largest absolute Gasteiger partial charge is 0.350 e. The zero-order valence-corrected chi connectivity index (χ0v) is 15.7. The molecule has 1 heterocycles. The second kappa shape index (κ2) is 7.91. The minimum absolute atomic E-state index is 0.122. The van der Waals surface area contributed by atoms with E-state index in [1.165, 1.54) is 12.1 Å². The number of nitro groups is 2. The van der Waals surface area contributed by atoms with Crippen LogP contribution < -0.4 is 16.2 Å². The van der Waals surface area contributed by atoms with Crippen molar-refractivity contribution in [2.24, 2.45) is 0 Å². The summed E-state index contributed by atoms with van der Waals surface area (Å²) in [6, 6.07) is 17.0. The molecule has 11 heteroatoms. The second-order valence-corrected chi connectivity index (χ2v) is 6.47. The van der Waals surface area contributed by atoms with Gasteiger partial charge in [0.15, 0.2) is 0 Å². The van der Waals surface area contributed by atoms with Gasteiger partial charge in [0.1, 0.15) is 5.69 Å².